The molecule has 0 bridgehead atoms. The van der Waals surface area contributed by atoms with Crippen LogP contribution < -0.4 is 21.0 Å². The minimum Gasteiger partial charge on any atom is -0.405 e. The first-order valence-corrected chi connectivity index (χ1v) is 31.6. The van der Waals surface area contributed by atoms with E-state index in [0.717, 1.165) is 54.1 Å². The van der Waals surface area contributed by atoms with E-state index < -0.39 is 24.5 Å². The third-order valence-electron chi connectivity index (χ3n) is 12.1. The van der Waals surface area contributed by atoms with Crippen molar-refractivity contribution in [1.29, 1.82) is 0 Å². The molecule has 1 aliphatic carbocycles. The molecule has 2 aromatic heterocycles. The first-order valence-electron chi connectivity index (χ1n) is 22.2. The van der Waals surface area contributed by atoms with Crippen LogP contribution in [0.1, 0.15) is 69.6 Å². The lowest BCUT2D eigenvalue weighted by Crippen LogP contribution is -2.67. The van der Waals surface area contributed by atoms with Crippen molar-refractivity contribution in [3.05, 3.63) is 102 Å². The third-order valence-corrected chi connectivity index (χ3v) is 20.6. The minimum absolute atomic E-state index is 0.113. The Kier molecular flexibility index (Phi) is 14.1. The maximum atomic E-state index is 14.2. The van der Waals surface area contributed by atoms with Gasteiger partial charge in [0.25, 0.3) is 14.2 Å². The van der Waals surface area contributed by atoms with Gasteiger partial charge in [-0.2, -0.15) is 5.10 Å². The molecule has 3 aromatic carbocycles. The molecule has 324 valence electrons. The summed E-state index contributed by atoms with van der Waals surface area (Å²) in [5, 5.41) is 15.8. The number of carbonyl (C=O) groups is 1. The zero-order valence-corrected chi connectivity index (χ0v) is 41.8. The summed E-state index contributed by atoms with van der Waals surface area (Å²) in [5.74, 6) is -0.113. The highest BCUT2D eigenvalue weighted by Crippen LogP contribution is 2.41. The number of rotatable bonds is 18. The second-order valence-corrected chi connectivity index (χ2v) is 37.1. The van der Waals surface area contributed by atoms with Crippen molar-refractivity contribution in [3.8, 4) is 11.4 Å². The molecule has 0 radical (unpaired) electrons. The van der Waals surface area contributed by atoms with Crippen molar-refractivity contribution in [2.45, 2.75) is 137 Å². The fraction of sp³-hybridized carbons (Fsp3) is 0.510. The van der Waals surface area contributed by atoms with Crippen molar-refractivity contribution >= 4 is 51.6 Å². The smallest absolute Gasteiger partial charge is 0.261 e. The molecule has 1 aliphatic rings. The number of nitrogens with zero attached hydrogens (tertiary/aromatic N) is 3. The SMILES string of the molecule is CC(CO[Si](c1ccccc1)(c1ccccc1)C(C)(C)C)NC(=O)c1ccc2cc(-c3nn(CNCC[Si](C)(C)C)c4c3CCC(C)(C)C4)n(COCC[Si](C)(C)C)c2c1. The highest BCUT2D eigenvalue weighted by Gasteiger charge is 2.50. The van der Waals surface area contributed by atoms with Gasteiger partial charge in [0.15, 0.2) is 0 Å². The standard InChI is InChI=1S/C49H73N5O3Si3/c1-37(34-57-60(48(2,3)4,40-19-15-13-16-20-40)41-21-17-14-18-22-41)51-47(55)39-24-23-38-31-44(53(43(38)32-39)36-56-28-30-59(10,11)12)46-42-25-26-49(5,6)33-45(42)54(52-46)35-50-27-29-58(7,8)9/h13-24,31-32,37,50H,25-30,33-36H2,1-12H3,(H,51,55). The predicted octanol–water partition coefficient (Wildman–Crippen LogP) is 9.91. The highest BCUT2D eigenvalue weighted by atomic mass is 28.4. The van der Waals surface area contributed by atoms with Crippen LogP contribution in [0.2, 0.25) is 56.4 Å². The van der Waals surface area contributed by atoms with Crippen molar-refractivity contribution < 1.29 is 14.0 Å². The molecule has 2 N–H and O–H groups in total. The van der Waals surface area contributed by atoms with Gasteiger partial charge in [-0.05, 0) is 83.8 Å². The Labute approximate surface area is 364 Å². The topological polar surface area (TPSA) is 82.3 Å². The molecule has 5 aromatic rings. The Hall–Kier alpha value is -3.59. The molecule has 2 heterocycles. The molecular formula is C49H73N5O3Si3. The minimum atomic E-state index is -2.75. The highest BCUT2D eigenvalue weighted by molar-refractivity contribution is 6.99. The molecule has 0 spiro atoms. The average molecular weight is 864 g/mol. The molecular weight excluding hydrogens is 791 g/mol. The summed E-state index contributed by atoms with van der Waals surface area (Å²) < 4.78 is 18.2. The van der Waals surface area contributed by atoms with E-state index >= 15 is 0 Å². The first kappa shape index (κ1) is 45.9. The summed E-state index contributed by atoms with van der Waals surface area (Å²) in [6.45, 7) is 31.3. The molecule has 1 atom stereocenters. The molecule has 0 saturated heterocycles. The molecule has 0 fully saturated rings. The Bertz CT molecular complexity index is 2170. The van der Waals surface area contributed by atoms with E-state index in [4.69, 9.17) is 14.3 Å². The van der Waals surface area contributed by atoms with Gasteiger partial charge in [-0.1, -0.05) is 141 Å². The van der Waals surface area contributed by atoms with Crippen LogP contribution in [-0.2, 0) is 35.4 Å². The Morgan fingerprint density at radius 1 is 0.883 bits per heavy atom. The van der Waals surface area contributed by atoms with Gasteiger partial charge in [0.1, 0.15) is 12.4 Å². The van der Waals surface area contributed by atoms with Crippen LogP contribution in [0.15, 0.2) is 84.9 Å². The number of nitrogens with one attached hydrogen (secondary N) is 2. The third kappa shape index (κ3) is 10.9. The monoisotopic (exact) mass is 864 g/mol. The number of fused-ring (bicyclic) bond motifs is 2. The molecule has 0 saturated carbocycles. The molecule has 11 heteroatoms. The van der Waals surface area contributed by atoms with Crippen LogP contribution in [0.3, 0.4) is 0 Å². The van der Waals surface area contributed by atoms with E-state index in [1.165, 1.54) is 27.7 Å². The van der Waals surface area contributed by atoms with Gasteiger partial charge < -0.3 is 19.0 Å². The van der Waals surface area contributed by atoms with Crippen LogP contribution in [0, 0.1) is 5.41 Å². The summed E-state index contributed by atoms with van der Waals surface area (Å²) in [6, 6.07) is 31.8. The maximum Gasteiger partial charge on any atom is 0.261 e. The lowest BCUT2D eigenvalue weighted by molar-refractivity contribution is 0.0907. The molecule has 1 unspecified atom stereocenters. The zero-order valence-electron chi connectivity index (χ0n) is 38.8. The van der Waals surface area contributed by atoms with Crippen LogP contribution in [-0.4, -0.2) is 70.5 Å². The summed E-state index contributed by atoms with van der Waals surface area (Å²) in [4.78, 5) is 14.2. The van der Waals surface area contributed by atoms with Gasteiger partial charge in [-0.25, -0.2) is 0 Å². The second-order valence-electron chi connectivity index (χ2n) is 21.5. The summed E-state index contributed by atoms with van der Waals surface area (Å²) in [7, 11) is -5.20. The molecule has 60 heavy (non-hydrogen) atoms. The number of benzene rings is 3. The Morgan fingerprint density at radius 3 is 2.12 bits per heavy atom. The van der Waals surface area contributed by atoms with Crippen molar-refractivity contribution in [2.75, 3.05) is 19.8 Å². The van der Waals surface area contributed by atoms with E-state index in [1.807, 2.05) is 19.1 Å². The van der Waals surface area contributed by atoms with E-state index in [0.29, 0.717) is 32.2 Å². The van der Waals surface area contributed by atoms with Crippen LogP contribution in [0.4, 0.5) is 0 Å². The molecule has 6 rings (SSSR count). The van der Waals surface area contributed by atoms with Gasteiger partial charge >= 0.3 is 0 Å². The van der Waals surface area contributed by atoms with E-state index in [1.54, 1.807) is 0 Å². The van der Waals surface area contributed by atoms with Gasteiger partial charge in [0.2, 0.25) is 0 Å². The average Bonchev–Trinajstić information content (AvgIpc) is 3.71. The number of carbonyl (C=O) groups excluding carboxylic acids is 1. The molecule has 8 nitrogen and oxygen atoms in total. The van der Waals surface area contributed by atoms with Gasteiger partial charge in [0.05, 0.1) is 24.5 Å². The number of amides is 1. The Balaban J connectivity index is 1.30. The van der Waals surface area contributed by atoms with Gasteiger partial charge in [-0.15, -0.1) is 0 Å². The quantitative estimate of drug-likeness (QED) is 0.0678. The van der Waals surface area contributed by atoms with E-state index in [9.17, 15) is 4.79 Å². The second kappa shape index (κ2) is 18.4. The molecule has 1 amide bonds. The maximum absolute atomic E-state index is 14.2. The van der Waals surface area contributed by atoms with Crippen LogP contribution in [0.25, 0.3) is 22.3 Å². The van der Waals surface area contributed by atoms with Crippen molar-refractivity contribution in [2.24, 2.45) is 5.41 Å². The largest absolute Gasteiger partial charge is 0.405 e. The van der Waals surface area contributed by atoms with Crippen LogP contribution >= 0.6 is 0 Å². The lowest BCUT2D eigenvalue weighted by atomic mass is 9.76. The number of aromatic nitrogens is 3. The van der Waals surface area contributed by atoms with E-state index in [2.05, 4.69) is 167 Å². The zero-order chi connectivity index (χ0) is 43.5. The normalized spacial score (nSPS) is 15.3. The Morgan fingerprint density at radius 2 is 1.52 bits per heavy atom. The fourth-order valence-corrected chi connectivity index (χ4v) is 14.9. The fourth-order valence-electron chi connectivity index (χ4n) is 8.61. The first-order chi connectivity index (χ1) is 28.2. The summed E-state index contributed by atoms with van der Waals surface area (Å²) in [6.07, 6.45) is 3.11. The number of hydrogen-bond acceptors (Lipinski definition) is 5. The van der Waals surface area contributed by atoms with E-state index in [-0.39, 0.29) is 22.4 Å². The van der Waals surface area contributed by atoms with Gasteiger partial charge in [-0.3, -0.25) is 14.8 Å². The number of hydrogen-bond donors (Lipinski definition) is 2. The summed E-state index contributed by atoms with van der Waals surface area (Å²) in [5.41, 5.74) is 6.60. The van der Waals surface area contributed by atoms with Crippen LogP contribution in [0.5, 0.6) is 0 Å². The summed E-state index contributed by atoms with van der Waals surface area (Å²) >= 11 is 0. The molecule has 0 aliphatic heterocycles. The van der Waals surface area contributed by atoms with Crippen molar-refractivity contribution in [1.82, 2.24) is 25.0 Å². The van der Waals surface area contributed by atoms with Crippen molar-refractivity contribution in [3.63, 3.8) is 0 Å². The lowest BCUT2D eigenvalue weighted by Gasteiger charge is -2.43. The predicted molar refractivity (Wildman–Crippen MR) is 260 cm³/mol. The van der Waals surface area contributed by atoms with Gasteiger partial charge in [0, 0.05) is 51.0 Å². The number of ether oxygens (including phenoxy) is 1.